The van der Waals surface area contributed by atoms with E-state index < -0.39 is 0 Å². The predicted molar refractivity (Wildman–Crippen MR) is 104 cm³/mol. The zero-order chi connectivity index (χ0) is 18.7. The number of rotatable bonds is 7. The molecule has 0 saturated heterocycles. The molecule has 0 atom stereocenters. The van der Waals surface area contributed by atoms with Gasteiger partial charge in [-0.1, -0.05) is 17.8 Å². The Kier molecular flexibility index (Phi) is 5.77. The van der Waals surface area contributed by atoms with Crippen molar-refractivity contribution < 1.29 is 9.59 Å². The molecule has 2 aromatic heterocycles. The Morgan fingerprint density at radius 1 is 1.38 bits per heavy atom. The SMILES string of the molecule is C=CCn1c(SCC(=O)NCC(=O)NC)nc2sc3c(c2c1=O)CCC3. The number of nitrogens with one attached hydrogen (secondary N) is 2. The van der Waals surface area contributed by atoms with Gasteiger partial charge in [0.05, 0.1) is 17.7 Å². The number of hydrogen-bond acceptors (Lipinski definition) is 6. The first kappa shape index (κ1) is 18.7. The van der Waals surface area contributed by atoms with Gasteiger partial charge >= 0.3 is 0 Å². The topological polar surface area (TPSA) is 93.1 Å². The van der Waals surface area contributed by atoms with Crippen LogP contribution in [0.15, 0.2) is 22.6 Å². The van der Waals surface area contributed by atoms with Crippen LogP contribution in [-0.4, -0.2) is 40.7 Å². The van der Waals surface area contributed by atoms with Crippen LogP contribution in [0.5, 0.6) is 0 Å². The Labute approximate surface area is 158 Å². The summed E-state index contributed by atoms with van der Waals surface area (Å²) < 4.78 is 1.57. The molecule has 0 saturated carbocycles. The van der Waals surface area contributed by atoms with E-state index >= 15 is 0 Å². The lowest BCUT2D eigenvalue weighted by Gasteiger charge is -2.10. The molecule has 0 bridgehead atoms. The molecule has 0 aromatic carbocycles. The lowest BCUT2D eigenvalue weighted by atomic mass is 10.2. The maximum Gasteiger partial charge on any atom is 0.263 e. The molecular weight excluding hydrogens is 372 g/mol. The highest BCUT2D eigenvalue weighted by Gasteiger charge is 2.23. The van der Waals surface area contributed by atoms with Crippen LogP contribution in [-0.2, 0) is 29.0 Å². The van der Waals surface area contributed by atoms with Crippen molar-refractivity contribution in [3.63, 3.8) is 0 Å². The second-order valence-electron chi connectivity index (χ2n) is 5.87. The Hall–Kier alpha value is -2.13. The van der Waals surface area contributed by atoms with Gasteiger partial charge in [-0.2, -0.15) is 0 Å². The summed E-state index contributed by atoms with van der Waals surface area (Å²) in [6.07, 6.45) is 4.66. The number of carbonyl (C=O) groups is 2. The third kappa shape index (κ3) is 3.68. The number of hydrogen-bond donors (Lipinski definition) is 2. The van der Waals surface area contributed by atoms with Crippen molar-refractivity contribution in [1.29, 1.82) is 0 Å². The van der Waals surface area contributed by atoms with E-state index in [0.717, 1.165) is 35.0 Å². The summed E-state index contributed by atoms with van der Waals surface area (Å²) >= 11 is 2.77. The van der Waals surface area contributed by atoms with Gasteiger partial charge in [-0.15, -0.1) is 17.9 Å². The fourth-order valence-electron chi connectivity index (χ4n) is 2.91. The maximum atomic E-state index is 13.0. The molecule has 1 aliphatic rings. The van der Waals surface area contributed by atoms with Crippen LogP contribution in [0, 0.1) is 0 Å². The molecule has 3 rings (SSSR count). The number of fused-ring (bicyclic) bond motifs is 3. The molecule has 2 heterocycles. The number of thioether (sulfide) groups is 1. The fraction of sp³-hybridized carbons (Fsp3) is 0.412. The number of nitrogens with zero attached hydrogens (tertiary/aromatic N) is 2. The quantitative estimate of drug-likeness (QED) is 0.418. The molecule has 2 aromatic rings. The summed E-state index contributed by atoms with van der Waals surface area (Å²) in [6.45, 7) is 3.99. The predicted octanol–water partition coefficient (Wildman–Crippen LogP) is 1.09. The minimum absolute atomic E-state index is 0.0671. The van der Waals surface area contributed by atoms with E-state index in [-0.39, 0.29) is 29.7 Å². The number of carbonyl (C=O) groups excluding carboxylic acids is 2. The Morgan fingerprint density at radius 2 is 2.19 bits per heavy atom. The molecule has 2 N–H and O–H groups in total. The van der Waals surface area contributed by atoms with Crippen molar-refractivity contribution in [2.24, 2.45) is 0 Å². The summed E-state index contributed by atoms with van der Waals surface area (Å²) in [4.78, 5) is 42.7. The van der Waals surface area contributed by atoms with Gasteiger partial charge in [-0.05, 0) is 24.8 Å². The van der Waals surface area contributed by atoms with E-state index in [0.29, 0.717) is 11.7 Å². The van der Waals surface area contributed by atoms with E-state index in [1.807, 2.05) is 0 Å². The van der Waals surface area contributed by atoms with Gasteiger partial charge in [-0.3, -0.25) is 19.0 Å². The van der Waals surface area contributed by atoms with Crippen molar-refractivity contribution in [1.82, 2.24) is 20.2 Å². The molecule has 138 valence electrons. The average Bonchev–Trinajstić information content (AvgIpc) is 3.21. The monoisotopic (exact) mass is 392 g/mol. The first-order valence-electron chi connectivity index (χ1n) is 8.31. The minimum Gasteiger partial charge on any atom is -0.358 e. The summed E-state index contributed by atoms with van der Waals surface area (Å²) in [7, 11) is 1.51. The smallest absolute Gasteiger partial charge is 0.263 e. The molecule has 0 unspecified atom stereocenters. The first-order valence-corrected chi connectivity index (χ1v) is 10.1. The van der Waals surface area contributed by atoms with Crippen LogP contribution in [0.4, 0.5) is 0 Å². The molecule has 2 amide bonds. The number of likely N-dealkylation sites (N-methyl/N-ethyl adjacent to an activating group) is 1. The Balaban J connectivity index is 1.84. The molecule has 0 aliphatic heterocycles. The minimum atomic E-state index is -0.285. The number of aromatic nitrogens is 2. The third-order valence-corrected chi connectivity index (χ3v) is 6.32. The van der Waals surface area contributed by atoms with Gasteiger partial charge in [0, 0.05) is 18.5 Å². The summed E-state index contributed by atoms with van der Waals surface area (Å²) in [5.74, 6) is -0.469. The van der Waals surface area contributed by atoms with Gasteiger partial charge in [0.1, 0.15) is 4.83 Å². The Bertz CT molecular complexity index is 932. The molecular formula is C17H20N4O3S2. The number of allylic oxidation sites excluding steroid dienone is 1. The van der Waals surface area contributed by atoms with E-state index in [1.54, 1.807) is 22.0 Å². The highest BCUT2D eigenvalue weighted by molar-refractivity contribution is 7.99. The maximum absolute atomic E-state index is 13.0. The van der Waals surface area contributed by atoms with Crippen molar-refractivity contribution >= 4 is 45.1 Å². The lowest BCUT2D eigenvalue weighted by molar-refractivity contribution is -0.124. The van der Waals surface area contributed by atoms with Gasteiger partial charge in [0.15, 0.2) is 5.16 Å². The van der Waals surface area contributed by atoms with Crippen LogP contribution in [0.2, 0.25) is 0 Å². The largest absolute Gasteiger partial charge is 0.358 e. The average molecular weight is 393 g/mol. The fourth-order valence-corrected chi connectivity index (χ4v) is 5.05. The Morgan fingerprint density at radius 3 is 2.92 bits per heavy atom. The standard InChI is InChI=1S/C17H20N4O3S2/c1-3-7-21-16(24)14-10-5-4-6-11(10)26-15(14)20-17(21)25-9-13(23)19-8-12(22)18-2/h3H,1,4-9H2,2H3,(H,18,22)(H,19,23). The summed E-state index contributed by atoms with van der Waals surface area (Å²) in [6, 6.07) is 0. The van der Waals surface area contributed by atoms with Gasteiger partial charge < -0.3 is 10.6 Å². The molecule has 0 spiro atoms. The second-order valence-corrected chi connectivity index (χ2v) is 7.90. The van der Waals surface area contributed by atoms with Gasteiger partial charge in [0.25, 0.3) is 5.56 Å². The van der Waals surface area contributed by atoms with E-state index in [4.69, 9.17) is 0 Å². The van der Waals surface area contributed by atoms with Crippen LogP contribution in [0.1, 0.15) is 16.9 Å². The van der Waals surface area contributed by atoms with Crippen molar-refractivity contribution in [3.05, 3.63) is 33.4 Å². The van der Waals surface area contributed by atoms with Crippen LogP contribution in [0.25, 0.3) is 10.2 Å². The van der Waals surface area contributed by atoms with Crippen molar-refractivity contribution in [3.8, 4) is 0 Å². The van der Waals surface area contributed by atoms with Gasteiger partial charge in [0.2, 0.25) is 11.8 Å². The summed E-state index contributed by atoms with van der Waals surface area (Å²) in [5.41, 5.74) is 1.07. The number of aryl methyl sites for hydroxylation is 2. The zero-order valence-electron chi connectivity index (χ0n) is 14.5. The second kappa shape index (κ2) is 8.05. The number of thiophene rings is 1. The normalized spacial score (nSPS) is 12.8. The number of amides is 2. The molecule has 0 radical (unpaired) electrons. The van der Waals surface area contributed by atoms with Crippen molar-refractivity contribution in [2.45, 2.75) is 31.0 Å². The zero-order valence-corrected chi connectivity index (χ0v) is 16.1. The summed E-state index contributed by atoms with van der Waals surface area (Å²) in [5, 5.41) is 6.19. The molecule has 26 heavy (non-hydrogen) atoms. The lowest BCUT2D eigenvalue weighted by Crippen LogP contribution is -2.36. The van der Waals surface area contributed by atoms with Crippen molar-refractivity contribution in [2.75, 3.05) is 19.3 Å². The first-order chi connectivity index (χ1) is 12.5. The highest BCUT2D eigenvalue weighted by atomic mass is 32.2. The highest BCUT2D eigenvalue weighted by Crippen LogP contribution is 2.35. The third-order valence-electron chi connectivity index (χ3n) is 4.16. The molecule has 9 heteroatoms. The van der Waals surface area contributed by atoms with Crippen LogP contribution < -0.4 is 16.2 Å². The molecule has 0 fully saturated rings. The van der Waals surface area contributed by atoms with E-state index in [1.165, 1.54) is 23.7 Å². The van der Waals surface area contributed by atoms with Crippen LogP contribution in [0.3, 0.4) is 0 Å². The van der Waals surface area contributed by atoms with Crippen LogP contribution >= 0.6 is 23.1 Å². The molecule has 7 nitrogen and oxygen atoms in total. The van der Waals surface area contributed by atoms with E-state index in [2.05, 4.69) is 22.2 Å². The van der Waals surface area contributed by atoms with Gasteiger partial charge in [-0.25, -0.2) is 4.98 Å². The molecule has 1 aliphatic carbocycles. The van der Waals surface area contributed by atoms with E-state index in [9.17, 15) is 14.4 Å².